The minimum Gasteiger partial charge on any atom is -0.392 e. The van der Waals surface area contributed by atoms with Crippen LogP contribution >= 0.6 is 11.6 Å². The number of rotatable bonds is 6. The third-order valence-electron chi connectivity index (χ3n) is 2.57. The molecule has 0 unspecified atom stereocenters. The van der Waals surface area contributed by atoms with Gasteiger partial charge in [-0.05, 0) is 12.1 Å². The van der Waals surface area contributed by atoms with Crippen molar-refractivity contribution in [2.45, 2.75) is 18.4 Å². The maximum Gasteiger partial charge on any atom is 0.243 e. The van der Waals surface area contributed by atoms with Gasteiger partial charge in [0.25, 0.3) is 0 Å². The summed E-state index contributed by atoms with van der Waals surface area (Å²) >= 11 is 5.63. The zero-order chi connectivity index (χ0) is 14.6. The lowest BCUT2D eigenvalue weighted by atomic mass is 10.2. The molecule has 0 amide bonds. The van der Waals surface area contributed by atoms with Crippen LogP contribution in [0.4, 0.5) is 4.39 Å². The third kappa shape index (κ3) is 3.33. The molecule has 0 aliphatic rings. The molecule has 0 radical (unpaired) electrons. The van der Waals surface area contributed by atoms with Crippen LogP contribution in [0, 0.1) is 5.82 Å². The van der Waals surface area contributed by atoms with E-state index in [1.807, 2.05) is 0 Å². The Balaban J connectivity index is 3.36. The summed E-state index contributed by atoms with van der Waals surface area (Å²) < 4.78 is 39.3. The van der Waals surface area contributed by atoms with Crippen LogP contribution in [-0.4, -0.2) is 30.9 Å². The minimum atomic E-state index is -3.83. The highest BCUT2D eigenvalue weighted by molar-refractivity contribution is 7.89. The van der Waals surface area contributed by atoms with Crippen LogP contribution in [-0.2, 0) is 16.6 Å². The van der Waals surface area contributed by atoms with Crippen LogP contribution < -0.4 is 0 Å². The Hall–Kier alpha value is -0.950. The fourth-order valence-corrected chi connectivity index (χ4v) is 3.22. The molecule has 0 heterocycles. The van der Waals surface area contributed by atoms with Crippen LogP contribution in [0.15, 0.2) is 29.7 Å². The average Bonchev–Trinajstić information content (AvgIpc) is 2.38. The maximum absolute atomic E-state index is 13.6. The zero-order valence-corrected chi connectivity index (χ0v) is 12.0. The molecule has 0 atom stereocenters. The molecule has 0 aliphatic carbocycles. The van der Waals surface area contributed by atoms with Crippen LogP contribution in [0.1, 0.15) is 12.5 Å². The van der Waals surface area contributed by atoms with Gasteiger partial charge < -0.3 is 5.11 Å². The summed E-state index contributed by atoms with van der Waals surface area (Å²) in [4.78, 5) is -0.234. The van der Waals surface area contributed by atoms with Crippen molar-refractivity contribution in [3.05, 3.63) is 41.2 Å². The summed E-state index contributed by atoms with van der Waals surface area (Å²) in [6.45, 7) is 4.96. The Morgan fingerprint density at radius 2 is 2.16 bits per heavy atom. The van der Waals surface area contributed by atoms with E-state index >= 15 is 0 Å². The third-order valence-corrected chi connectivity index (χ3v) is 4.91. The van der Waals surface area contributed by atoms with E-state index in [0.717, 1.165) is 10.4 Å². The lowest BCUT2D eigenvalue weighted by molar-refractivity contribution is 0.281. The van der Waals surface area contributed by atoms with Crippen LogP contribution in [0.2, 0.25) is 5.02 Å². The molecule has 0 spiro atoms. The van der Waals surface area contributed by atoms with Gasteiger partial charge in [0.2, 0.25) is 10.0 Å². The second-order valence-corrected chi connectivity index (χ2v) is 6.10. The molecule has 0 aromatic heterocycles. The lowest BCUT2D eigenvalue weighted by Crippen LogP contribution is -2.31. The van der Waals surface area contributed by atoms with Crippen molar-refractivity contribution >= 4 is 21.6 Å². The first kappa shape index (κ1) is 16.1. The summed E-state index contributed by atoms with van der Waals surface area (Å²) in [7, 11) is -3.83. The Bertz CT molecular complexity index is 575. The van der Waals surface area contributed by atoms with E-state index in [1.54, 1.807) is 6.92 Å². The summed E-state index contributed by atoms with van der Waals surface area (Å²) in [5, 5.41) is 8.79. The fraction of sp³-hybridized carbons (Fsp3) is 0.333. The van der Waals surface area contributed by atoms with E-state index in [9.17, 15) is 12.8 Å². The number of nitrogens with zero attached hydrogens (tertiary/aromatic N) is 1. The number of aliphatic hydroxyl groups is 1. The largest absolute Gasteiger partial charge is 0.392 e. The van der Waals surface area contributed by atoms with Crippen molar-refractivity contribution in [2.24, 2.45) is 0 Å². The van der Waals surface area contributed by atoms with Crippen LogP contribution in [0.5, 0.6) is 0 Å². The molecule has 1 N–H and O–H groups in total. The standard InChI is InChI=1S/C12H15ClFNO3S/c1-3-5-15(4-2)19(17,18)10-6-9(8-16)12(13)11(14)7-10/h3,6-7,16H,1,4-5,8H2,2H3. The van der Waals surface area contributed by atoms with Crippen molar-refractivity contribution < 1.29 is 17.9 Å². The van der Waals surface area contributed by atoms with E-state index in [-0.39, 0.29) is 28.6 Å². The molecular weight excluding hydrogens is 293 g/mol. The van der Waals surface area contributed by atoms with Crippen molar-refractivity contribution in [2.75, 3.05) is 13.1 Å². The Morgan fingerprint density at radius 3 is 2.63 bits per heavy atom. The van der Waals surface area contributed by atoms with E-state index in [0.29, 0.717) is 0 Å². The zero-order valence-electron chi connectivity index (χ0n) is 10.4. The van der Waals surface area contributed by atoms with Crippen molar-refractivity contribution in [3.63, 3.8) is 0 Å². The second-order valence-electron chi connectivity index (χ2n) is 3.78. The Labute approximate surface area is 117 Å². The summed E-state index contributed by atoms with van der Waals surface area (Å²) in [5.41, 5.74) is 0.0369. The second kappa shape index (κ2) is 6.47. The van der Waals surface area contributed by atoms with Gasteiger partial charge in [0.1, 0.15) is 5.82 Å². The topological polar surface area (TPSA) is 57.6 Å². The summed E-state index contributed by atoms with van der Waals surface area (Å²) in [6, 6.07) is 2.02. The Morgan fingerprint density at radius 1 is 1.53 bits per heavy atom. The molecule has 0 saturated carbocycles. The first-order valence-electron chi connectivity index (χ1n) is 5.58. The molecule has 0 fully saturated rings. The number of benzene rings is 1. The normalized spacial score (nSPS) is 11.8. The summed E-state index contributed by atoms with van der Waals surface area (Å²) in [6.07, 6.45) is 1.44. The van der Waals surface area contributed by atoms with E-state index in [1.165, 1.54) is 12.1 Å². The molecule has 0 aliphatic heterocycles. The van der Waals surface area contributed by atoms with E-state index < -0.39 is 22.4 Å². The van der Waals surface area contributed by atoms with Gasteiger partial charge in [-0.2, -0.15) is 4.31 Å². The van der Waals surface area contributed by atoms with Crippen molar-refractivity contribution in [3.8, 4) is 0 Å². The molecule has 106 valence electrons. The van der Waals surface area contributed by atoms with Gasteiger partial charge >= 0.3 is 0 Å². The van der Waals surface area contributed by atoms with Crippen molar-refractivity contribution in [1.82, 2.24) is 4.31 Å². The van der Waals surface area contributed by atoms with Gasteiger partial charge in [0.05, 0.1) is 16.5 Å². The molecule has 0 bridgehead atoms. The first-order chi connectivity index (χ1) is 8.88. The number of likely N-dealkylation sites (N-methyl/N-ethyl adjacent to an activating group) is 1. The van der Waals surface area contributed by atoms with E-state index in [2.05, 4.69) is 6.58 Å². The molecule has 7 heteroatoms. The lowest BCUT2D eigenvalue weighted by Gasteiger charge is -2.19. The molecule has 19 heavy (non-hydrogen) atoms. The molecule has 4 nitrogen and oxygen atoms in total. The SMILES string of the molecule is C=CCN(CC)S(=O)(=O)c1cc(F)c(Cl)c(CO)c1. The number of aliphatic hydroxyl groups excluding tert-OH is 1. The highest BCUT2D eigenvalue weighted by atomic mass is 35.5. The number of halogens is 2. The molecule has 1 aromatic rings. The Kier molecular flexibility index (Phi) is 5.49. The number of hydrogen-bond donors (Lipinski definition) is 1. The van der Waals surface area contributed by atoms with Crippen LogP contribution in [0.3, 0.4) is 0 Å². The summed E-state index contributed by atoms with van der Waals surface area (Å²) in [5.74, 6) is -0.874. The molecular formula is C12H15ClFNO3S. The van der Waals surface area contributed by atoms with Gasteiger partial charge in [-0.3, -0.25) is 0 Å². The van der Waals surface area contributed by atoms with Gasteiger partial charge in [-0.1, -0.05) is 24.6 Å². The molecule has 1 rings (SSSR count). The maximum atomic E-state index is 13.6. The predicted octanol–water partition coefficient (Wildman–Crippen LogP) is 2.17. The average molecular weight is 308 g/mol. The number of sulfonamides is 1. The quantitative estimate of drug-likeness (QED) is 0.819. The predicted molar refractivity (Wildman–Crippen MR) is 72.0 cm³/mol. The highest BCUT2D eigenvalue weighted by Gasteiger charge is 2.24. The monoisotopic (exact) mass is 307 g/mol. The highest BCUT2D eigenvalue weighted by Crippen LogP contribution is 2.26. The van der Waals surface area contributed by atoms with Gasteiger partial charge in [-0.15, -0.1) is 6.58 Å². The van der Waals surface area contributed by atoms with Gasteiger partial charge in [-0.25, -0.2) is 12.8 Å². The van der Waals surface area contributed by atoms with Crippen LogP contribution in [0.25, 0.3) is 0 Å². The van der Waals surface area contributed by atoms with Crippen molar-refractivity contribution in [1.29, 1.82) is 0 Å². The smallest absolute Gasteiger partial charge is 0.243 e. The van der Waals surface area contributed by atoms with E-state index in [4.69, 9.17) is 16.7 Å². The molecule has 1 aromatic carbocycles. The first-order valence-corrected chi connectivity index (χ1v) is 7.40. The van der Waals surface area contributed by atoms with Gasteiger partial charge in [0, 0.05) is 18.7 Å². The molecule has 0 saturated heterocycles. The number of hydrogen-bond acceptors (Lipinski definition) is 3. The van der Waals surface area contributed by atoms with Gasteiger partial charge in [0.15, 0.2) is 0 Å². The fourth-order valence-electron chi connectivity index (χ4n) is 1.57. The minimum absolute atomic E-state index is 0.0369.